The fourth-order valence-corrected chi connectivity index (χ4v) is 2.21. The lowest BCUT2D eigenvalue weighted by atomic mass is 10.2. The molecule has 0 atom stereocenters. The third-order valence-corrected chi connectivity index (χ3v) is 3.30. The third kappa shape index (κ3) is 3.37. The Morgan fingerprint density at radius 1 is 1.50 bits per heavy atom. The molecule has 0 spiro atoms. The maximum atomic E-state index is 11.8. The zero-order valence-corrected chi connectivity index (χ0v) is 11.0. The Morgan fingerprint density at radius 2 is 2.39 bits per heavy atom. The second kappa shape index (κ2) is 6.26. The summed E-state index contributed by atoms with van der Waals surface area (Å²) < 4.78 is 0. The van der Waals surface area contributed by atoms with Crippen molar-refractivity contribution in [3.05, 3.63) is 40.9 Å². The van der Waals surface area contributed by atoms with Crippen molar-refractivity contribution in [2.75, 3.05) is 5.32 Å². The minimum absolute atomic E-state index is 0.176. The van der Waals surface area contributed by atoms with Crippen LogP contribution in [0.5, 0.6) is 0 Å². The number of hydrogen-bond donors (Lipinski definition) is 1. The summed E-state index contributed by atoms with van der Waals surface area (Å²) >= 11 is 1.43. The van der Waals surface area contributed by atoms with Crippen molar-refractivity contribution < 1.29 is 4.79 Å². The Balaban J connectivity index is 1.97. The summed E-state index contributed by atoms with van der Waals surface area (Å²) in [6.07, 6.45) is 3.14. The highest BCUT2D eigenvalue weighted by atomic mass is 32.1. The summed E-state index contributed by atoms with van der Waals surface area (Å²) in [5.41, 5.74) is 0.572. The van der Waals surface area contributed by atoms with Gasteiger partial charge in [-0.1, -0.05) is 36.8 Å². The highest BCUT2D eigenvalue weighted by Crippen LogP contribution is 2.17. The van der Waals surface area contributed by atoms with Gasteiger partial charge in [0.15, 0.2) is 0 Å². The second-order valence-corrected chi connectivity index (χ2v) is 4.91. The highest BCUT2D eigenvalue weighted by molar-refractivity contribution is 7.15. The quantitative estimate of drug-likeness (QED) is 0.899. The monoisotopic (exact) mass is 260 g/mol. The minimum Gasteiger partial charge on any atom is -0.296 e. The van der Waals surface area contributed by atoms with E-state index in [9.17, 15) is 4.79 Å². The van der Waals surface area contributed by atoms with Crippen molar-refractivity contribution in [2.45, 2.75) is 26.2 Å². The summed E-state index contributed by atoms with van der Waals surface area (Å²) in [7, 11) is 0. The molecule has 5 heteroatoms. The standard InChI is InChI=1S/C13H14N3OS/c1-2-3-9-11-15-16-13(18-11)14-12(17)10-7-5-4-6-8-10/h4-5,7-8H,2-3,9H2,1H3,(H,14,16,17). The molecule has 1 aromatic carbocycles. The first-order chi connectivity index (χ1) is 8.79. The van der Waals surface area contributed by atoms with Crippen LogP contribution in [0.15, 0.2) is 24.3 Å². The van der Waals surface area contributed by atoms with E-state index in [0.29, 0.717) is 10.7 Å². The van der Waals surface area contributed by atoms with Gasteiger partial charge in [-0.2, -0.15) is 0 Å². The number of aryl methyl sites for hydroxylation is 1. The molecule has 1 heterocycles. The van der Waals surface area contributed by atoms with E-state index in [-0.39, 0.29) is 5.91 Å². The number of amides is 1. The van der Waals surface area contributed by atoms with Gasteiger partial charge < -0.3 is 0 Å². The van der Waals surface area contributed by atoms with Gasteiger partial charge in [0, 0.05) is 12.0 Å². The van der Waals surface area contributed by atoms with Crippen molar-refractivity contribution in [3.8, 4) is 0 Å². The molecular weight excluding hydrogens is 246 g/mol. The summed E-state index contributed by atoms with van der Waals surface area (Å²) in [4.78, 5) is 11.8. The number of rotatable bonds is 5. The number of nitrogens with one attached hydrogen (secondary N) is 1. The van der Waals surface area contributed by atoms with Gasteiger partial charge in [-0.05, 0) is 24.6 Å². The van der Waals surface area contributed by atoms with Crippen molar-refractivity contribution in [2.24, 2.45) is 0 Å². The van der Waals surface area contributed by atoms with Crippen LogP contribution in [0.1, 0.15) is 35.1 Å². The molecule has 0 saturated carbocycles. The largest absolute Gasteiger partial charge is 0.296 e. The number of benzene rings is 1. The number of carbonyl (C=O) groups excluding carboxylic acids is 1. The first-order valence-electron chi connectivity index (χ1n) is 5.89. The molecule has 0 aliphatic carbocycles. The molecule has 1 N–H and O–H groups in total. The van der Waals surface area contributed by atoms with E-state index in [0.717, 1.165) is 24.3 Å². The molecular formula is C13H14N3OS. The number of hydrogen-bond acceptors (Lipinski definition) is 4. The van der Waals surface area contributed by atoms with E-state index < -0.39 is 0 Å². The summed E-state index contributed by atoms with van der Waals surface area (Å²) in [6.45, 7) is 2.13. The van der Waals surface area contributed by atoms with Gasteiger partial charge in [0.1, 0.15) is 5.01 Å². The number of unbranched alkanes of at least 4 members (excludes halogenated alkanes) is 1. The molecule has 18 heavy (non-hydrogen) atoms. The average Bonchev–Trinajstić information content (AvgIpc) is 2.85. The van der Waals surface area contributed by atoms with Crippen LogP contribution < -0.4 is 5.32 Å². The number of nitrogens with zero attached hydrogens (tertiary/aromatic N) is 2. The molecule has 1 amide bonds. The van der Waals surface area contributed by atoms with Gasteiger partial charge in [0.25, 0.3) is 5.91 Å². The lowest BCUT2D eigenvalue weighted by Crippen LogP contribution is -2.11. The van der Waals surface area contributed by atoms with Gasteiger partial charge in [0.2, 0.25) is 5.13 Å². The molecule has 2 rings (SSSR count). The number of aromatic nitrogens is 2. The topological polar surface area (TPSA) is 54.9 Å². The molecule has 1 aromatic heterocycles. The fraction of sp³-hybridized carbons (Fsp3) is 0.308. The minimum atomic E-state index is -0.176. The lowest BCUT2D eigenvalue weighted by Gasteiger charge is -1.99. The van der Waals surface area contributed by atoms with E-state index >= 15 is 0 Å². The van der Waals surface area contributed by atoms with Crippen molar-refractivity contribution >= 4 is 22.4 Å². The summed E-state index contributed by atoms with van der Waals surface area (Å²) in [5, 5.41) is 12.3. The van der Waals surface area contributed by atoms with Crippen LogP contribution in [0.4, 0.5) is 5.13 Å². The van der Waals surface area contributed by atoms with Gasteiger partial charge in [-0.25, -0.2) is 0 Å². The van der Waals surface area contributed by atoms with E-state index in [4.69, 9.17) is 0 Å². The third-order valence-electron chi connectivity index (χ3n) is 2.40. The molecule has 4 nitrogen and oxygen atoms in total. The maximum absolute atomic E-state index is 11.8. The number of anilines is 1. The lowest BCUT2D eigenvalue weighted by molar-refractivity contribution is 0.102. The van der Waals surface area contributed by atoms with E-state index in [1.54, 1.807) is 24.3 Å². The normalized spacial score (nSPS) is 10.3. The van der Waals surface area contributed by atoms with Gasteiger partial charge in [-0.3, -0.25) is 10.1 Å². The summed E-state index contributed by atoms with van der Waals surface area (Å²) in [6, 6.07) is 9.79. The van der Waals surface area contributed by atoms with Gasteiger partial charge in [-0.15, -0.1) is 10.2 Å². The molecule has 0 unspecified atom stereocenters. The van der Waals surface area contributed by atoms with Crippen LogP contribution in [0.25, 0.3) is 0 Å². The molecule has 0 bridgehead atoms. The molecule has 2 aromatic rings. The van der Waals surface area contributed by atoms with Crippen LogP contribution in [0.3, 0.4) is 0 Å². The van der Waals surface area contributed by atoms with Crippen LogP contribution in [0.2, 0.25) is 0 Å². The molecule has 1 radical (unpaired) electrons. The Kier molecular flexibility index (Phi) is 4.41. The number of carbonyl (C=O) groups is 1. The Labute approximate surface area is 110 Å². The molecule has 93 valence electrons. The van der Waals surface area contributed by atoms with Crippen molar-refractivity contribution in [3.63, 3.8) is 0 Å². The van der Waals surface area contributed by atoms with E-state index in [1.165, 1.54) is 11.3 Å². The van der Waals surface area contributed by atoms with E-state index in [2.05, 4.69) is 28.5 Å². The zero-order valence-electron chi connectivity index (χ0n) is 10.1. The first kappa shape index (κ1) is 12.7. The van der Waals surface area contributed by atoms with Crippen molar-refractivity contribution in [1.29, 1.82) is 0 Å². The second-order valence-electron chi connectivity index (χ2n) is 3.85. The predicted octanol–water partition coefficient (Wildman–Crippen LogP) is 2.93. The first-order valence-corrected chi connectivity index (χ1v) is 6.71. The highest BCUT2D eigenvalue weighted by Gasteiger charge is 2.09. The fourth-order valence-electron chi connectivity index (χ4n) is 1.44. The Morgan fingerprint density at radius 3 is 3.11 bits per heavy atom. The Bertz CT molecular complexity index is 510. The van der Waals surface area contributed by atoms with Crippen LogP contribution in [0, 0.1) is 6.07 Å². The van der Waals surface area contributed by atoms with Crippen molar-refractivity contribution in [1.82, 2.24) is 10.2 Å². The SMILES string of the molecule is CCCCc1nnc(NC(=O)c2c[c]ccc2)s1. The van der Waals surface area contributed by atoms with Crippen LogP contribution >= 0.6 is 11.3 Å². The Hall–Kier alpha value is -1.75. The molecule has 0 aliphatic heterocycles. The predicted molar refractivity (Wildman–Crippen MR) is 71.8 cm³/mol. The van der Waals surface area contributed by atoms with Gasteiger partial charge in [0.05, 0.1) is 0 Å². The molecule has 0 aliphatic rings. The van der Waals surface area contributed by atoms with Gasteiger partial charge >= 0.3 is 0 Å². The average molecular weight is 260 g/mol. The molecule has 0 fully saturated rings. The smallest absolute Gasteiger partial charge is 0.257 e. The van der Waals surface area contributed by atoms with E-state index in [1.807, 2.05) is 0 Å². The summed E-state index contributed by atoms with van der Waals surface area (Å²) in [5.74, 6) is -0.176. The van der Waals surface area contributed by atoms with Crippen LogP contribution in [-0.4, -0.2) is 16.1 Å². The van der Waals surface area contributed by atoms with Crippen LogP contribution in [-0.2, 0) is 6.42 Å². The maximum Gasteiger partial charge on any atom is 0.257 e. The zero-order chi connectivity index (χ0) is 12.8. The molecule has 0 saturated heterocycles.